The van der Waals surface area contributed by atoms with Crippen molar-refractivity contribution in [3.8, 4) is 11.1 Å². The third-order valence-corrected chi connectivity index (χ3v) is 6.45. The Bertz CT molecular complexity index is 1070. The van der Waals surface area contributed by atoms with Gasteiger partial charge in [-0.3, -0.25) is 4.72 Å². The van der Waals surface area contributed by atoms with E-state index in [9.17, 15) is 13.5 Å². The Morgan fingerprint density at radius 1 is 1.00 bits per heavy atom. The Morgan fingerprint density at radius 3 is 2.38 bits per heavy atom. The second-order valence-corrected chi connectivity index (χ2v) is 8.99. The molecule has 0 amide bonds. The third-order valence-electron chi connectivity index (χ3n) is 4.64. The van der Waals surface area contributed by atoms with E-state index in [-0.39, 0.29) is 17.6 Å². The van der Waals surface area contributed by atoms with Crippen LogP contribution in [0.5, 0.6) is 0 Å². The number of nitrogens with zero attached hydrogens (tertiary/aromatic N) is 2. The highest BCUT2D eigenvalue weighted by Crippen LogP contribution is 2.29. The molecule has 29 heavy (non-hydrogen) atoms. The van der Waals surface area contributed by atoms with Gasteiger partial charge >= 0.3 is 0 Å². The van der Waals surface area contributed by atoms with Crippen molar-refractivity contribution >= 4 is 21.7 Å². The summed E-state index contributed by atoms with van der Waals surface area (Å²) < 4.78 is 26.4. The van der Waals surface area contributed by atoms with Gasteiger partial charge in [-0.25, -0.2) is 18.4 Å². The van der Waals surface area contributed by atoms with Crippen LogP contribution in [0, 0.1) is 0 Å². The molecular weight excluding hydrogens is 388 g/mol. The van der Waals surface area contributed by atoms with Crippen LogP contribution in [0.25, 0.3) is 11.1 Å². The van der Waals surface area contributed by atoms with Crippen LogP contribution >= 0.6 is 0 Å². The molecule has 7 nitrogen and oxygen atoms in total. The number of hydrogen-bond acceptors (Lipinski definition) is 6. The predicted molar refractivity (Wildman–Crippen MR) is 113 cm³/mol. The standard InChI is InChI=1S/C21H22N4O3S/c26-20(23-17-8-6-16(7-9-17)15-4-2-1-3-5-15)14-18-12-13-22-21(24-18)25-29(27,28)19-10-11-19/h1-9,12-13,19-20,23,26H,10-11,14H2,(H,22,24,25). The molecule has 1 heterocycles. The molecule has 2 aromatic carbocycles. The van der Waals surface area contributed by atoms with Gasteiger partial charge in [0.25, 0.3) is 0 Å². The summed E-state index contributed by atoms with van der Waals surface area (Å²) >= 11 is 0. The van der Waals surface area contributed by atoms with E-state index in [0.717, 1.165) is 16.8 Å². The number of hydrogen-bond donors (Lipinski definition) is 3. The zero-order valence-electron chi connectivity index (χ0n) is 15.7. The van der Waals surface area contributed by atoms with Gasteiger partial charge in [0.05, 0.1) is 10.9 Å². The zero-order valence-corrected chi connectivity index (χ0v) is 16.5. The topological polar surface area (TPSA) is 104 Å². The number of nitrogens with one attached hydrogen (secondary N) is 2. The van der Waals surface area contributed by atoms with Crippen LogP contribution in [-0.4, -0.2) is 35.0 Å². The van der Waals surface area contributed by atoms with Gasteiger partial charge in [-0.15, -0.1) is 0 Å². The second-order valence-electron chi connectivity index (χ2n) is 7.03. The minimum absolute atomic E-state index is 0.0359. The molecule has 0 saturated heterocycles. The average Bonchev–Trinajstić information content (AvgIpc) is 3.55. The SMILES string of the molecule is O=S(=O)(Nc1nccc(CC(O)Nc2ccc(-c3ccccc3)cc2)n1)C1CC1. The smallest absolute Gasteiger partial charge is 0.237 e. The minimum Gasteiger partial charge on any atom is -0.373 e. The molecule has 0 radical (unpaired) electrons. The van der Waals surface area contributed by atoms with E-state index < -0.39 is 16.3 Å². The van der Waals surface area contributed by atoms with Gasteiger partial charge in [-0.1, -0.05) is 42.5 Å². The predicted octanol–water partition coefficient (Wildman–Crippen LogP) is 3.02. The van der Waals surface area contributed by atoms with Crippen molar-refractivity contribution in [3.63, 3.8) is 0 Å². The van der Waals surface area contributed by atoms with Gasteiger partial charge in [-0.2, -0.15) is 0 Å². The number of rotatable bonds is 8. The molecule has 4 rings (SSSR count). The van der Waals surface area contributed by atoms with Crippen molar-refractivity contribution in [2.24, 2.45) is 0 Å². The Kier molecular flexibility index (Phi) is 5.46. The maximum absolute atomic E-state index is 12.0. The quantitative estimate of drug-likeness (QED) is 0.493. The highest BCUT2D eigenvalue weighted by atomic mass is 32.2. The Morgan fingerprint density at radius 2 is 1.69 bits per heavy atom. The number of sulfonamides is 1. The first-order valence-corrected chi connectivity index (χ1v) is 11.0. The second kappa shape index (κ2) is 8.18. The summed E-state index contributed by atoms with van der Waals surface area (Å²) in [6.45, 7) is 0. The van der Waals surface area contributed by atoms with E-state index in [4.69, 9.17) is 0 Å². The van der Waals surface area contributed by atoms with Crippen LogP contribution in [0.1, 0.15) is 18.5 Å². The fourth-order valence-corrected chi connectivity index (χ4v) is 4.26. The Balaban J connectivity index is 1.37. The summed E-state index contributed by atoms with van der Waals surface area (Å²) in [5.74, 6) is 0.0359. The third kappa shape index (κ3) is 5.10. The molecule has 1 aliphatic carbocycles. The van der Waals surface area contributed by atoms with Crippen molar-refractivity contribution in [3.05, 3.63) is 72.6 Å². The van der Waals surface area contributed by atoms with E-state index in [2.05, 4.69) is 20.0 Å². The van der Waals surface area contributed by atoms with Crippen LogP contribution in [0.2, 0.25) is 0 Å². The molecule has 150 valence electrons. The number of aliphatic hydroxyl groups excluding tert-OH is 1. The monoisotopic (exact) mass is 410 g/mol. The van der Waals surface area contributed by atoms with Crippen LogP contribution in [0.3, 0.4) is 0 Å². The van der Waals surface area contributed by atoms with Crippen molar-refractivity contribution in [2.45, 2.75) is 30.7 Å². The molecule has 1 aromatic heterocycles. The maximum atomic E-state index is 12.0. The fraction of sp³-hybridized carbons (Fsp3) is 0.238. The summed E-state index contributed by atoms with van der Waals surface area (Å²) in [6, 6.07) is 19.5. The van der Waals surface area contributed by atoms with Crippen molar-refractivity contribution < 1.29 is 13.5 Å². The normalized spacial score (nSPS) is 14.9. The lowest BCUT2D eigenvalue weighted by Crippen LogP contribution is -2.23. The van der Waals surface area contributed by atoms with Gasteiger partial charge in [0.2, 0.25) is 16.0 Å². The van der Waals surface area contributed by atoms with Crippen LogP contribution in [-0.2, 0) is 16.4 Å². The molecule has 0 spiro atoms. The summed E-state index contributed by atoms with van der Waals surface area (Å²) in [7, 11) is -3.41. The van der Waals surface area contributed by atoms with Gasteiger partial charge in [0.1, 0.15) is 6.23 Å². The number of aliphatic hydroxyl groups is 1. The lowest BCUT2D eigenvalue weighted by molar-refractivity contribution is 0.203. The van der Waals surface area contributed by atoms with Gasteiger partial charge in [0, 0.05) is 18.3 Å². The average molecular weight is 410 g/mol. The summed E-state index contributed by atoms with van der Waals surface area (Å²) in [5, 5.41) is 13.0. The number of anilines is 2. The van der Waals surface area contributed by atoms with Crippen LogP contribution in [0.4, 0.5) is 11.6 Å². The Hall–Kier alpha value is -2.97. The van der Waals surface area contributed by atoms with E-state index in [1.54, 1.807) is 6.07 Å². The molecule has 0 aliphatic heterocycles. The fourth-order valence-electron chi connectivity index (χ4n) is 2.98. The maximum Gasteiger partial charge on any atom is 0.237 e. The Labute approximate surface area is 169 Å². The van der Waals surface area contributed by atoms with Gasteiger partial charge in [-0.05, 0) is 42.2 Å². The molecular formula is C21H22N4O3S. The first kappa shape index (κ1) is 19.4. The zero-order chi connectivity index (χ0) is 20.3. The first-order valence-electron chi connectivity index (χ1n) is 9.43. The first-order chi connectivity index (χ1) is 14.0. The lowest BCUT2D eigenvalue weighted by Gasteiger charge is -2.15. The molecule has 1 fully saturated rings. The molecule has 1 atom stereocenters. The summed E-state index contributed by atoms with van der Waals surface area (Å²) in [5.41, 5.74) is 3.53. The van der Waals surface area contributed by atoms with Crippen molar-refractivity contribution in [1.29, 1.82) is 0 Å². The van der Waals surface area contributed by atoms with Crippen molar-refractivity contribution in [1.82, 2.24) is 9.97 Å². The van der Waals surface area contributed by atoms with E-state index in [1.807, 2.05) is 54.6 Å². The molecule has 8 heteroatoms. The van der Waals surface area contributed by atoms with Gasteiger partial charge in [0.15, 0.2) is 0 Å². The molecule has 3 aromatic rings. The van der Waals surface area contributed by atoms with E-state index >= 15 is 0 Å². The van der Waals surface area contributed by atoms with E-state index in [0.29, 0.717) is 18.5 Å². The molecule has 1 aliphatic rings. The molecule has 0 bridgehead atoms. The van der Waals surface area contributed by atoms with Crippen LogP contribution in [0.15, 0.2) is 66.9 Å². The summed E-state index contributed by atoms with van der Waals surface area (Å²) in [6.07, 6.45) is 2.15. The minimum atomic E-state index is -3.41. The largest absolute Gasteiger partial charge is 0.373 e. The lowest BCUT2D eigenvalue weighted by atomic mass is 10.1. The highest BCUT2D eigenvalue weighted by Gasteiger charge is 2.36. The van der Waals surface area contributed by atoms with Gasteiger partial charge < -0.3 is 10.4 Å². The molecule has 3 N–H and O–H groups in total. The number of aromatic nitrogens is 2. The molecule has 1 saturated carbocycles. The molecule has 1 unspecified atom stereocenters. The number of benzene rings is 2. The van der Waals surface area contributed by atoms with E-state index in [1.165, 1.54) is 6.20 Å². The highest BCUT2D eigenvalue weighted by molar-refractivity contribution is 7.93. The summed E-state index contributed by atoms with van der Waals surface area (Å²) in [4.78, 5) is 8.16. The van der Waals surface area contributed by atoms with Crippen molar-refractivity contribution in [2.75, 3.05) is 10.0 Å². The van der Waals surface area contributed by atoms with Crippen LogP contribution < -0.4 is 10.0 Å².